The van der Waals surface area contributed by atoms with Crippen LogP contribution < -0.4 is 37.1 Å². The van der Waals surface area contributed by atoms with Crippen molar-refractivity contribution in [2.24, 2.45) is 0 Å². The molecule has 8 rings (SSSR count). The van der Waals surface area contributed by atoms with Crippen LogP contribution in [0.1, 0.15) is 138 Å². The monoisotopic (exact) mass is 1240 g/mol. The topological polar surface area (TPSA) is 307 Å². The summed E-state index contributed by atoms with van der Waals surface area (Å²) >= 11 is 8.30. The number of hydrogen-bond acceptors (Lipinski definition) is 23. The fraction of sp³-hybridized carbons (Fsp3) is 0.356. The van der Waals surface area contributed by atoms with Crippen molar-refractivity contribution >= 4 is 74.5 Å². The van der Waals surface area contributed by atoms with Gasteiger partial charge in [0, 0.05) is 70.4 Å². The Morgan fingerprint density at radius 2 is 1.01 bits per heavy atom. The Morgan fingerprint density at radius 3 is 1.47 bits per heavy atom. The molecule has 0 fully saturated rings. The van der Waals surface area contributed by atoms with E-state index in [-0.39, 0.29) is 17.6 Å². The lowest BCUT2D eigenvalue weighted by molar-refractivity contribution is 0.143. The molecular weight excluding hydrogens is 1170 g/mol. The van der Waals surface area contributed by atoms with Crippen LogP contribution in [0.25, 0.3) is 0 Å². The SMILES string of the molecule is CCSc1cc(Sc2cnc(C)nc2N)c(C(C)C)cn1.CCc1cc(Sc2cnc(C)nc2N)c(C(C)C)cn1.COc1cc(Oc2cnc(C)nc2N)c(Br)cn1.Cc1ncc(Oc2cc(C#CC(C)(C)O)ncc2C(C)C)c(N)n1. The first-order chi connectivity index (χ1) is 39.3. The Morgan fingerprint density at radius 1 is 0.542 bits per heavy atom. The first-order valence-electron chi connectivity index (χ1n) is 26.4. The number of aryl methyl sites for hydroxylation is 5. The summed E-state index contributed by atoms with van der Waals surface area (Å²) in [6, 6.07) is 7.64. The highest BCUT2D eigenvalue weighted by molar-refractivity contribution is 9.10. The van der Waals surface area contributed by atoms with Crippen LogP contribution in [0.4, 0.5) is 23.3 Å². The van der Waals surface area contributed by atoms with Gasteiger partial charge in [-0.3, -0.25) is 4.98 Å². The van der Waals surface area contributed by atoms with Crippen molar-refractivity contribution in [3.8, 4) is 40.7 Å². The Bertz CT molecular complexity index is 3540. The summed E-state index contributed by atoms with van der Waals surface area (Å²) in [5.74, 6) is 14.1. The molecular formula is C59H73BrN16O4S3. The number of ether oxygens (including phenoxy) is 3. The second-order valence-electron chi connectivity index (χ2n) is 19.7. The van der Waals surface area contributed by atoms with Crippen molar-refractivity contribution in [2.75, 3.05) is 35.8 Å². The Labute approximate surface area is 508 Å². The van der Waals surface area contributed by atoms with Gasteiger partial charge in [-0.05, 0) is 117 Å². The van der Waals surface area contributed by atoms with Gasteiger partial charge in [-0.25, -0.2) is 54.8 Å². The number of aromatic nitrogens is 12. The molecule has 8 aromatic rings. The van der Waals surface area contributed by atoms with Gasteiger partial charge in [0.15, 0.2) is 23.1 Å². The third-order valence-electron chi connectivity index (χ3n) is 11.2. The number of methoxy groups -OCH3 is 1. The van der Waals surface area contributed by atoms with Gasteiger partial charge in [-0.2, -0.15) is 0 Å². The molecule has 0 saturated heterocycles. The summed E-state index contributed by atoms with van der Waals surface area (Å²) in [6.45, 7) is 27.4. The quantitative estimate of drug-likeness (QED) is 0.0470. The molecule has 9 N–H and O–H groups in total. The number of thioether (sulfide) groups is 1. The van der Waals surface area contributed by atoms with E-state index in [9.17, 15) is 5.11 Å². The smallest absolute Gasteiger partial charge is 0.216 e. The van der Waals surface area contributed by atoms with Crippen molar-refractivity contribution in [1.82, 2.24) is 59.8 Å². The highest BCUT2D eigenvalue weighted by atomic mass is 79.9. The molecule has 0 amide bonds. The van der Waals surface area contributed by atoms with Crippen LogP contribution >= 0.6 is 51.2 Å². The maximum Gasteiger partial charge on any atom is 0.216 e. The van der Waals surface area contributed by atoms with Crippen molar-refractivity contribution in [1.29, 1.82) is 0 Å². The van der Waals surface area contributed by atoms with Crippen molar-refractivity contribution in [3.63, 3.8) is 0 Å². The molecule has 0 spiro atoms. The van der Waals surface area contributed by atoms with Gasteiger partial charge >= 0.3 is 0 Å². The van der Waals surface area contributed by atoms with Gasteiger partial charge in [0.2, 0.25) is 5.88 Å². The fourth-order valence-electron chi connectivity index (χ4n) is 6.92. The third-order valence-corrected chi connectivity index (χ3v) is 14.9. The van der Waals surface area contributed by atoms with Crippen LogP contribution in [0.15, 0.2) is 103 Å². The number of nitrogens with zero attached hydrogens (tertiary/aromatic N) is 12. The van der Waals surface area contributed by atoms with Crippen LogP contribution in [0.3, 0.4) is 0 Å². The molecule has 0 aliphatic rings. The molecule has 24 heteroatoms. The average molecular weight is 1250 g/mol. The van der Waals surface area contributed by atoms with E-state index in [1.165, 1.54) is 34.2 Å². The second kappa shape index (κ2) is 31.3. The van der Waals surface area contributed by atoms with E-state index in [0.29, 0.717) is 85.8 Å². The van der Waals surface area contributed by atoms with Gasteiger partial charge in [0.05, 0.1) is 38.8 Å². The maximum absolute atomic E-state index is 9.72. The summed E-state index contributed by atoms with van der Waals surface area (Å²) in [7, 11) is 1.53. The zero-order valence-corrected chi connectivity index (χ0v) is 53.6. The van der Waals surface area contributed by atoms with Crippen LogP contribution in [-0.2, 0) is 6.42 Å². The predicted octanol–water partition coefficient (Wildman–Crippen LogP) is 12.9. The van der Waals surface area contributed by atoms with Crippen molar-refractivity contribution in [3.05, 3.63) is 130 Å². The molecule has 0 saturated carbocycles. The van der Waals surface area contributed by atoms with Crippen molar-refractivity contribution in [2.45, 2.75) is 151 Å². The fourth-order valence-corrected chi connectivity index (χ4v) is 10.1. The summed E-state index contributed by atoms with van der Waals surface area (Å²) in [6.07, 6.45) is 14.8. The second-order valence-corrected chi connectivity index (χ2v) is 24.0. The standard InChI is InChI=1S/C18H22N4O2.C15H20N4S2.C15H20N4S.C11H11BrN4O2/c1-11(2)14-9-21-13(6-7-18(4,5)23)8-15(14)24-16-10-20-12(3)22-17(16)19;1-5-20-14-6-12(11(7-18-14)9(2)3)21-13-8-17-10(4)19-15(13)16;1-5-11-6-13(12(7-18-11)9(2)3)20-14-8-17-10(4)19-15(14)16;1-6-14-5-9(11(13)16-6)18-8-3-10(17-2)15-4-7(8)12/h8-11,23H,1-5H3,(H2,19,20,22);6-9H,5H2,1-4H3,(H2,16,17,19);6-9H,5H2,1-4H3,(H2,16,17,19);3-5H,1-2H3,(H2,13,14,16). The molecule has 8 aromatic heterocycles. The number of nitrogen functional groups attached to an aromatic ring is 4. The zero-order valence-electron chi connectivity index (χ0n) is 49.5. The molecule has 83 heavy (non-hydrogen) atoms. The van der Waals surface area contributed by atoms with E-state index in [1.807, 2.05) is 40.1 Å². The normalized spacial score (nSPS) is 10.9. The molecule has 0 unspecified atom stereocenters. The van der Waals surface area contributed by atoms with E-state index >= 15 is 0 Å². The lowest BCUT2D eigenvalue weighted by Crippen LogP contribution is -2.14. The Kier molecular flexibility index (Phi) is 25.0. The predicted molar refractivity (Wildman–Crippen MR) is 336 cm³/mol. The van der Waals surface area contributed by atoms with E-state index in [4.69, 9.17) is 37.1 Å². The number of hydrogen-bond donors (Lipinski definition) is 5. The molecule has 8 heterocycles. The van der Waals surface area contributed by atoms with Crippen LogP contribution in [-0.4, -0.2) is 83.4 Å². The molecule has 438 valence electrons. The lowest BCUT2D eigenvalue weighted by Gasteiger charge is -2.14. The van der Waals surface area contributed by atoms with E-state index in [1.54, 1.807) is 106 Å². The minimum absolute atomic E-state index is 0.205. The van der Waals surface area contributed by atoms with E-state index in [0.717, 1.165) is 38.2 Å². The molecule has 0 aliphatic heterocycles. The molecule has 0 bridgehead atoms. The third kappa shape index (κ3) is 20.8. The van der Waals surface area contributed by atoms with Gasteiger partial charge in [0.1, 0.15) is 57.7 Å². The molecule has 0 aliphatic carbocycles. The number of pyridine rings is 4. The number of halogens is 1. The van der Waals surface area contributed by atoms with E-state index < -0.39 is 5.60 Å². The van der Waals surface area contributed by atoms with Gasteiger partial charge in [0.25, 0.3) is 0 Å². The van der Waals surface area contributed by atoms with Crippen molar-refractivity contribution < 1.29 is 19.3 Å². The van der Waals surface area contributed by atoms with Crippen LogP contribution in [0.5, 0.6) is 28.9 Å². The van der Waals surface area contributed by atoms with Gasteiger partial charge in [-0.15, -0.1) is 11.8 Å². The molecule has 0 atom stereocenters. The Hall–Kier alpha value is -7.43. The molecule has 0 aromatic carbocycles. The van der Waals surface area contributed by atoms with Gasteiger partial charge < -0.3 is 42.3 Å². The van der Waals surface area contributed by atoms with Crippen LogP contribution in [0.2, 0.25) is 0 Å². The average Bonchev–Trinajstić information content (AvgIpc) is 3.57. The van der Waals surface area contributed by atoms with E-state index in [2.05, 4.69) is 141 Å². The molecule has 20 nitrogen and oxygen atoms in total. The summed E-state index contributed by atoms with van der Waals surface area (Å²) < 4.78 is 17.2. The van der Waals surface area contributed by atoms with Gasteiger partial charge in [-0.1, -0.05) is 84.8 Å². The van der Waals surface area contributed by atoms with Crippen LogP contribution in [0, 0.1) is 39.5 Å². The zero-order chi connectivity index (χ0) is 61.1. The minimum Gasteiger partial charge on any atom is -0.481 e. The maximum atomic E-state index is 9.72. The number of aliphatic hydroxyl groups is 1. The lowest BCUT2D eigenvalue weighted by atomic mass is 10.0. The number of anilines is 4. The highest BCUT2D eigenvalue weighted by Crippen LogP contribution is 2.39. The summed E-state index contributed by atoms with van der Waals surface area (Å²) in [5, 5.41) is 10.8. The Balaban J connectivity index is 0.000000204. The largest absolute Gasteiger partial charge is 0.481 e. The summed E-state index contributed by atoms with van der Waals surface area (Å²) in [5.41, 5.74) is 27.5. The molecule has 0 radical (unpaired) electrons. The summed E-state index contributed by atoms with van der Waals surface area (Å²) in [4.78, 5) is 54.7. The first kappa shape index (κ1) is 66.4. The minimum atomic E-state index is -1.09. The number of nitrogens with two attached hydrogens (primary N) is 4. The first-order valence-corrected chi connectivity index (χ1v) is 29.8. The number of rotatable bonds is 15. The highest BCUT2D eigenvalue weighted by Gasteiger charge is 2.17.